The lowest BCUT2D eigenvalue weighted by Crippen LogP contribution is -2.44. The standard InChI is InChI=1S/C23H26N2O3/c1-24-20-13-25(17-6-4-7-17)14-22(20)28-21-12-16(9-10-19(21)23(24)26)15-5-3-8-18(11-15)27-2/h3,5,8-12,17,20,22H,4,6-7,13-14H2,1-2H3. The molecule has 2 aromatic rings. The number of likely N-dealkylation sites (N-methyl/N-ethyl adjacent to an activating group) is 1. The van der Waals surface area contributed by atoms with Gasteiger partial charge in [-0.2, -0.15) is 0 Å². The van der Waals surface area contributed by atoms with Gasteiger partial charge in [0.1, 0.15) is 17.6 Å². The second-order valence-electron chi connectivity index (χ2n) is 8.12. The molecule has 5 rings (SSSR count). The number of hydrogen-bond acceptors (Lipinski definition) is 4. The van der Waals surface area contributed by atoms with Gasteiger partial charge in [0, 0.05) is 26.2 Å². The third-order valence-corrected chi connectivity index (χ3v) is 6.57. The number of rotatable bonds is 3. The lowest BCUT2D eigenvalue weighted by atomic mass is 9.92. The van der Waals surface area contributed by atoms with Gasteiger partial charge in [0.2, 0.25) is 0 Å². The molecule has 0 bridgehead atoms. The average molecular weight is 378 g/mol. The molecule has 5 nitrogen and oxygen atoms in total. The van der Waals surface area contributed by atoms with E-state index in [4.69, 9.17) is 9.47 Å². The van der Waals surface area contributed by atoms with Gasteiger partial charge in [-0.1, -0.05) is 24.6 Å². The summed E-state index contributed by atoms with van der Waals surface area (Å²) >= 11 is 0. The number of carbonyl (C=O) groups is 1. The van der Waals surface area contributed by atoms with Crippen molar-refractivity contribution in [1.29, 1.82) is 0 Å². The Morgan fingerprint density at radius 3 is 2.64 bits per heavy atom. The fourth-order valence-corrected chi connectivity index (χ4v) is 4.61. The topological polar surface area (TPSA) is 42.0 Å². The van der Waals surface area contributed by atoms with Gasteiger partial charge in [-0.05, 0) is 48.2 Å². The fourth-order valence-electron chi connectivity index (χ4n) is 4.61. The van der Waals surface area contributed by atoms with E-state index in [2.05, 4.69) is 4.90 Å². The second kappa shape index (κ2) is 6.82. The summed E-state index contributed by atoms with van der Waals surface area (Å²) in [5.74, 6) is 1.56. The zero-order chi connectivity index (χ0) is 19.3. The normalized spacial score (nSPS) is 24.8. The van der Waals surface area contributed by atoms with Crippen molar-refractivity contribution in [2.45, 2.75) is 37.5 Å². The van der Waals surface area contributed by atoms with E-state index in [0.717, 1.165) is 30.0 Å². The highest BCUT2D eigenvalue weighted by molar-refractivity contribution is 5.98. The predicted molar refractivity (Wildman–Crippen MR) is 108 cm³/mol. The van der Waals surface area contributed by atoms with Crippen LogP contribution in [0.1, 0.15) is 29.6 Å². The maximum Gasteiger partial charge on any atom is 0.257 e. The van der Waals surface area contributed by atoms with Crippen molar-refractivity contribution in [2.24, 2.45) is 0 Å². The summed E-state index contributed by atoms with van der Waals surface area (Å²) in [4.78, 5) is 17.5. The number of hydrogen-bond donors (Lipinski definition) is 0. The first kappa shape index (κ1) is 17.6. The number of ether oxygens (including phenoxy) is 2. The number of methoxy groups -OCH3 is 1. The summed E-state index contributed by atoms with van der Waals surface area (Å²) in [7, 11) is 3.58. The van der Waals surface area contributed by atoms with Crippen LogP contribution in [0, 0.1) is 0 Å². The molecule has 1 saturated carbocycles. The molecule has 2 aromatic carbocycles. The maximum absolute atomic E-state index is 13.1. The molecule has 1 saturated heterocycles. The van der Waals surface area contributed by atoms with Crippen LogP contribution in [0.2, 0.25) is 0 Å². The van der Waals surface area contributed by atoms with E-state index in [1.54, 1.807) is 7.11 Å². The molecule has 0 spiro atoms. The van der Waals surface area contributed by atoms with Crippen LogP contribution in [-0.4, -0.2) is 61.1 Å². The zero-order valence-corrected chi connectivity index (χ0v) is 16.4. The van der Waals surface area contributed by atoms with Gasteiger partial charge in [-0.25, -0.2) is 0 Å². The molecule has 5 heteroatoms. The van der Waals surface area contributed by atoms with Crippen LogP contribution in [-0.2, 0) is 0 Å². The second-order valence-corrected chi connectivity index (χ2v) is 8.12. The molecular formula is C23H26N2O3. The molecule has 0 N–H and O–H groups in total. The molecule has 1 aliphatic carbocycles. The SMILES string of the molecule is COc1cccc(-c2ccc3c(c2)OC2CN(C4CCC4)CC2N(C)C3=O)c1. The Morgan fingerprint density at radius 2 is 1.89 bits per heavy atom. The van der Waals surface area contributed by atoms with E-state index in [1.807, 2.05) is 54.4 Å². The molecule has 0 radical (unpaired) electrons. The summed E-state index contributed by atoms with van der Waals surface area (Å²) < 4.78 is 11.8. The summed E-state index contributed by atoms with van der Waals surface area (Å²) in [6.07, 6.45) is 3.89. The maximum atomic E-state index is 13.1. The third kappa shape index (κ3) is 2.85. The van der Waals surface area contributed by atoms with Crippen LogP contribution in [0.25, 0.3) is 11.1 Å². The number of likely N-dealkylation sites (tertiary alicyclic amines) is 1. The highest BCUT2D eigenvalue weighted by Gasteiger charge is 2.44. The molecular weight excluding hydrogens is 352 g/mol. The minimum absolute atomic E-state index is 0.0244. The Hall–Kier alpha value is -2.53. The molecule has 2 fully saturated rings. The minimum atomic E-state index is 0.0244. The lowest BCUT2D eigenvalue weighted by molar-refractivity contribution is 0.0679. The van der Waals surface area contributed by atoms with Crippen molar-refractivity contribution < 1.29 is 14.3 Å². The Labute approximate surface area is 165 Å². The van der Waals surface area contributed by atoms with Gasteiger partial charge >= 0.3 is 0 Å². The van der Waals surface area contributed by atoms with Gasteiger partial charge in [-0.15, -0.1) is 0 Å². The van der Waals surface area contributed by atoms with Crippen molar-refractivity contribution in [3.63, 3.8) is 0 Å². The first-order valence-electron chi connectivity index (χ1n) is 10.1. The molecule has 28 heavy (non-hydrogen) atoms. The minimum Gasteiger partial charge on any atom is -0.497 e. The molecule has 0 aromatic heterocycles. The molecule has 3 aliphatic rings. The molecule has 146 valence electrons. The van der Waals surface area contributed by atoms with Crippen molar-refractivity contribution in [2.75, 3.05) is 27.2 Å². The summed E-state index contributed by atoms with van der Waals surface area (Å²) in [5.41, 5.74) is 2.73. The number of amides is 1. The third-order valence-electron chi connectivity index (χ3n) is 6.57. The van der Waals surface area contributed by atoms with Crippen molar-refractivity contribution in [3.05, 3.63) is 48.0 Å². The molecule has 2 heterocycles. The quantitative estimate of drug-likeness (QED) is 0.821. The van der Waals surface area contributed by atoms with Crippen LogP contribution >= 0.6 is 0 Å². The molecule has 2 atom stereocenters. The van der Waals surface area contributed by atoms with Gasteiger partial charge in [0.05, 0.1) is 18.7 Å². The molecule has 1 amide bonds. The Bertz CT molecular complexity index is 908. The van der Waals surface area contributed by atoms with Crippen LogP contribution < -0.4 is 9.47 Å². The van der Waals surface area contributed by atoms with Crippen LogP contribution in [0.3, 0.4) is 0 Å². The molecule has 2 aliphatic heterocycles. The largest absolute Gasteiger partial charge is 0.497 e. The Morgan fingerprint density at radius 1 is 1.07 bits per heavy atom. The molecule has 2 unspecified atom stereocenters. The summed E-state index contributed by atoms with van der Waals surface area (Å²) in [6, 6.07) is 14.6. The van der Waals surface area contributed by atoms with Gasteiger partial charge < -0.3 is 14.4 Å². The Balaban J connectivity index is 1.48. The number of fused-ring (bicyclic) bond motifs is 2. The first-order chi connectivity index (χ1) is 13.6. The summed E-state index contributed by atoms with van der Waals surface area (Å²) in [5, 5.41) is 0. The predicted octanol–water partition coefficient (Wildman–Crippen LogP) is 3.43. The van der Waals surface area contributed by atoms with Gasteiger partial charge in [-0.3, -0.25) is 9.69 Å². The van der Waals surface area contributed by atoms with Gasteiger partial charge in [0.25, 0.3) is 5.91 Å². The average Bonchev–Trinajstić information content (AvgIpc) is 3.04. The smallest absolute Gasteiger partial charge is 0.257 e. The van der Waals surface area contributed by atoms with Crippen LogP contribution in [0.5, 0.6) is 11.5 Å². The lowest BCUT2D eigenvalue weighted by Gasteiger charge is -2.35. The van der Waals surface area contributed by atoms with Crippen molar-refractivity contribution in [3.8, 4) is 22.6 Å². The highest BCUT2D eigenvalue weighted by Crippen LogP contribution is 2.37. The fraction of sp³-hybridized carbons (Fsp3) is 0.435. The van der Waals surface area contributed by atoms with E-state index >= 15 is 0 Å². The highest BCUT2D eigenvalue weighted by atomic mass is 16.5. The Kier molecular flexibility index (Phi) is 4.27. The number of carbonyl (C=O) groups excluding carboxylic acids is 1. The number of benzene rings is 2. The van der Waals surface area contributed by atoms with Crippen molar-refractivity contribution in [1.82, 2.24) is 9.80 Å². The van der Waals surface area contributed by atoms with Crippen molar-refractivity contribution >= 4 is 5.91 Å². The van der Waals surface area contributed by atoms with Crippen LogP contribution in [0.4, 0.5) is 0 Å². The van der Waals surface area contributed by atoms with E-state index in [-0.39, 0.29) is 18.1 Å². The summed E-state index contributed by atoms with van der Waals surface area (Å²) in [6.45, 7) is 1.81. The first-order valence-corrected chi connectivity index (χ1v) is 10.1. The van der Waals surface area contributed by atoms with E-state index in [0.29, 0.717) is 17.4 Å². The zero-order valence-electron chi connectivity index (χ0n) is 16.4. The van der Waals surface area contributed by atoms with Crippen LogP contribution in [0.15, 0.2) is 42.5 Å². The number of nitrogens with zero attached hydrogens (tertiary/aromatic N) is 2. The monoisotopic (exact) mass is 378 g/mol. The van der Waals surface area contributed by atoms with E-state index < -0.39 is 0 Å². The van der Waals surface area contributed by atoms with E-state index in [1.165, 1.54) is 19.3 Å². The van der Waals surface area contributed by atoms with E-state index in [9.17, 15) is 4.79 Å². The van der Waals surface area contributed by atoms with Gasteiger partial charge in [0.15, 0.2) is 0 Å².